The molecule has 1 aromatic carbocycles. The number of amides is 1. The van der Waals surface area contributed by atoms with E-state index in [9.17, 15) is 14.7 Å². The van der Waals surface area contributed by atoms with Crippen molar-refractivity contribution in [1.29, 1.82) is 0 Å². The van der Waals surface area contributed by atoms with Crippen molar-refractivity contribution in [3.63, 3.8) is 0 Å². The first-order valence-corrected chi connectivity index (χ1v) is 8.13. The van der Waals surface area contributed by atoms with Gasteiger partial charge in [-0.3, -0.25) is 9.59 Å². The molecule has 1 aliphatic rings. The minimum Gasteiger partial charge on any atom is -0.503 e. The number of aliphatic hydroxyl groups excluding tert-OH is 1. The molecule has 23 heavy (non-hydrogen) atoms. The van der Waals surface area contributed by atoms with Crippen LogP contribution in [-0.4, -0.2) is 28.2 Å². The molecule has 1 unspecified atom stereocenters. The molecule has 1 heterocycles. The van der Waals surface area contributed by atoms with Crippen LogP contribution in [0.15, 0.2) is 41.7 Å². The quantitative estimate of drug-likeness (QED) is 0.899. The fourth-order valence-electron chi connectivity index (χ4n) is 2.83. The largest absolute Gasteiger partial charge is 0.503 e. The second-order valence-corrected chi connectivity index (χ2v) is 7.01. The highest BCUT2D eigenvalue weighted by atomic mass is 16.3. The smallest absolute Gasteiger partial charge is 0.290 e. The van der Waals surface area contributed by atoms with E-state index in [-0.39, 0.29) is 11.4 Å². The molecule has 0 aromatic heterocycles. The van der Waals surface area contributed by atoms with E-state index in [2.05, 4.69) is 0 Å². The number of hydrogen-bond donors (Lipinski definition) is 1. The first-order valence-electron chi connectivity index (χ1n) is 8.13. The Balaban J connectivity index is 2.52. The number of carbonyl (C=O) groups is 2. The van der Waals surface area contributed by atoms with Crippen LogP contribution in [0, 0.1) is 5.41 Å². The minimum atomic E-state index is -0.655. The van der Waals surface area contributed by atoms with Gasteiger partial charge < -0.3 is 10.0 Å². The minimum absolute atomic E-state index is 0.184. The first kappa shape index (κ1) is 17.3. The third-order valence-corrected chi connectivity index (χ3v) is 4.10. The van der Waals surface area contributed by atoms with Gasteiger partial charge in [0.15, 0.2) is 11.5 Å². The van der Waals surface area contributed by atoms with Crippen LogP contribution in [0.5, 0.6) is 0 Å². The molecule has 0 aliphatic carbocycles. The summed E-state index contributed by atoms with van der Waals surface area (Å²) >= 11 is 0. The lowest BCUT2D eigenvalue weighted by Gasteiger charge is -2.28. The SMILES string of the molecule is CCCCN1C(=O)C(O)=C(C(=O)C(C)(C)C)C1c1ccccc1. The van der Waals surface area contributed by atoms with Crippen molar-refractivity contribution in [2.45, 2.75) is 46.6 Å². The second kappa shape index (κ2) is 6.57. The normalized spacial score (nSPS) is 18.7. The Morgan fingerprint density at radius 2 is 1.83 bits per heavy atom. The van der Waals surface area contributed by atoms with E-state index >= 15 is 0 Å². The highest BCUT2D eigenvalue weighted by Crippen LogP contribution is 2.40. The van der Waals surface area contributed by atoms with Gasteiger partial charge in [-0.25, -0.2) is 0 Å². The summed E-state index contributed by atoms with van der Waals surface area (Å²) in [5.74, 6) is -1.02. The molecule has 1 aliphatic heterocycles. The summed E-state index contributed by atoms with van der Waals surface area (Å²) in [4.78, 5) is 26.9. The van der Waals surface area contributed by atoms with Crippen LogP contribution in [0.3, 0.4) is 0 Å². The average molecular weight is 315 g/mol. The maximum atomic E-state index is 12.8. The molecule has 124 valence electrons. The van der Waals surface area contributed by atoms with Gasteiger partial charge in [-0.15, -0.1) is 0 Å². The van der Waals surface area contributed by atoms with Crippen molar-refractivity contribution in [3.05, 3.63) is 47.2 Å². The second-order valence-electron chi connectivity index (χ2n) is 7.01. The van der Waals surface area contributed by atoms with Gasteiger partial charge in [0, 0.05) is 12.0 Å². The first-order chi connectivity index (χ1) is 10.8. The van der Waals surface area contributed by atoms with Gasteiger partial charge in [0.25, 0.3) is 5.91 Å². The van der Waals surface area contributed by atoms with Crippen LogP contribution in [0.25, 0.3) is 0 Å². The number of ketones is 1. The molecule has 1 N–H and O–H groups in total. The Hall–Kier alpha value is -2.10. The van der Waals surface area contributed by atoms with Crippen LogP contribution in [0.1, 0.15) is 52.1 Å². The standard InChI is InChI=1S/C19H25NO3/c1-5-6-12-20-15(13-10-8-7-9-11-13)14(16(21)18(20)23)17(22)19(2,3)4/h7-11,15,21H,5-6,12H2,1-4H3. The number of rotatable bonds is 5. The highest BCUT2D eigenvalue weighted by molar-refractivity contribution is 6.10. The molecule has 1 atom stereocenters. The van der Waals surface area contributed by atoms with E-state index in [1.54, 1.807) is 25.7 Å². The summed E-state index contributed by atoms with van der Waals surface area (Å²) in [7, 11) is 0. The van der Waals surface area contributed by atoms with E-state index < -0.39 is 23.1 Å². The van der Waals surface area contributed by atoms with Gasteiger partial charge in [-0.05, 0) is 12.0 Å². The summed E-state index contributed by atoms with van der Waals surface area (Å²) in [5, 5.41) is 10.4. The molecule has 0 spiro atoms. The zero-order chi connectivity index (χ0) is 17.2. The lowest BCUT2D eigenvalue weighted by Crippen LogP contribution is -2.33. The molecule has 0 fully saturated rings. The molecule has 0 saturated heterocycles. The molecule has 2 rings (SSSR count). The third kappa shape index (κ3) is 3.31. The van der Waals surface area contributed by atoms with Crippen molar-refractivity contribution < 1.29 is 14.7 Å². The third-order valence-electron chi connectivity index (χ3n) is 4.10. The zero-order valence-electron chi connectivity index (χ0n) is 14.3. The summed E-state index contributed by atoms with van der Waals surface area (Å²) in [6, 6.07) is 8.95. The van der Waals surface area contributed by atoms with Crippen LogP contribution in [0.4, 0.5) is 0 Å². The molecule has 0 saturated carbocycles. The van der Waals surface area contributed by atoms with Crippen LogP contribution in [0.2, 0.25) is 0 Å². The summed E-state index contributed by atoms with van der Waals surface area (Å²) in [6.45, 7) is 7.98. The van der Waals surface area contributed by atoms with E-state index in [1.165, 1.54) is 0 Å². The van der Waals surface area contributed by atoms with Gasteiger partial charge in [-0.2, -0.15) is 0 Å². The number of aliphatic hydroxyl groups is 1. The number of Topliss-reactive ketones (excluding diaryl/α,β-unsaturated/α-hetero) is 1. The molecule has 1 aromatic rings. The van der Waals surface area contributed by atoms with Gasteiger partial charge in [-0.1, -0.05) is 64.4 Å². The van der Waals surface area contributed by atoms with Crippen molar-refractivity contribution in [2.24, 2.45) is 5.41 Å². The van der Waals surface area contributed by atoms with Crippen LogP contribution in [-0.2, 0) is 9.59 Å². The van der Waals surface area contributed by atoms with Crippen molar-refractivity contribution >= 4 is 11.7 Å². The Bertz CT molecular complexity index is 626. The Labute approximate surface area is 137 Å². The maximum absolute atomic E-state index is 12.8. The Kier molecular flexibility index (Phi) is 4.93. The van der Waals surface area contributed by atoms with Gasteiger partial charge in [0.1, 0.15) is 0 Å². The van der Waals surface area contributed by atoms with Crippen LogP contribution < -0.4 is 0 Å². The average Bonchev–Trinajstić information content (AvgIpc) is 2.76. The van der Waals surface area contributed by atoms with Crippen molar-refractivity contribution in [1.82, 2.24) is 4.90 Å². The summed E-state index contributed by atoms with van der Waals surface area (Å²) in [5.41, 5.74) is 0.426. The van der Waals surface area contributed by atoms with E-state index in [0.29, 0.717) is 6.54 Å². The topological polar surface area (TPSA) is 57.6 Å². The predicted octanol–water partition coefficient (Wildman–Crippen LogP) is 3.80. The molecule has 1 amide bonds. The number of benzene rings is 1. The van der Waals surface area contributed by atoms with Crippen molar-refractivity contribution in [3.8, 4) is 0 Å². The molecular formula is C19H25NO3. The van der Waals surface area contributed by atoms with Gasteiger partial charge in [0.05, 0.1) is 11.6 Å². The fraction of sp³-hybridized carbons (Fsp3) is 0.474. The predicted molar refractivity (Wildman–Crippen MR) is 89.9 cm³/mol. The summed E-state index contributed by atoms with van der Waals surface area (Å²) < 4.78 is 0. The lowest BCUT2D eigenvalue weighted by molar-refractivity contribution is -0.129. The van der Waals surface area contributed by atoms with E-state index in [1.807, 2.05) is 37.3 Å². The molecule has 0 bridgehead atoms. The van der Waals surface area contributed by atoms with Crippen LogP contribution >= 0.6 is 0 Å². The monoisotopic (exact) mass is 315 g/mol. The highest BCUT2D eigenvalue weighted by Gasteiger charge is 2.45. The molecule has 4 heteroatoms. The van der Waals surface area contributed by atoms with E-state index in [0.717, 1.165) is 18.4 Å². The number of hydrogen-bond acceptors (Lipinski definition) is 3. The number of unbranched alkanes of at least 4 members (excludes halogenated alkanes) is 1. The fourth-order valence-corrected chi connectivity index (χ4v) is 2.83. The zero-order valence-corrected chi connectivity index (χ0v) is 14.3. The number of nitrogens with zero attached hydrogens (tertiary/aromatic N) is 1. The molecule has 0 radical (unpaired) electrons. The van der Waals surface area contributed by atoms with Gasteiger partial charge in [0.2, 0.25) is 0 Å². The Morgan fingerprint density at radius 3 is 2.35 bits per heavy atom. The number of carbonyl (C=O) groups excluding carboxylic acids is 2. The van der Waals surface area contributed by atoms with E-state index in [4.69, 9.17) is 0 Å². The summed E-state index contributed by atoms with van der Waals surface area (Å²) in [6.07, 6.45) is 1.77. The molecule has 4 nitrogen and oxygen atoms in total. The van der Waals surface area contributed by atoms with Gasteiger partial charge >= 0.3 is 0 Å². The molecular weight excluding hydrogens is 290 g/mol. The Morgan fingerprint density at radius 1 is 1.22 bits per heavy atom. The maximum Gasteiger partial charge on any atom is 0.290 e. The lowest BCUT2D eigenvalue weighted by atomic mass is 9.82. The van der Waals surface area contributed by atoms with Crippen molar-refractivity contribution in [2.75, 3.05) is 6.54 Å².